The summed E-state index contributed by atoms with van der Waals surface area (Å²) in [7, 11) is 0. The van der Waals surface area contributed by atoms with E-state index in [2.05, 4.69) is 22.7 Å². The Kier molecular flexibility index (Phi) is 4.76. The quantitative estimate of drug-likeness (QED) is 0.806. The Labute approximate surface area is 144 Å². The summed E-state index contributed by atoms with van der Waals surface area (Å²) >= 11 is 0. The van der Waals surface area contributed by atoms with Crippen LogP contribution < -0.4 is 5.32 Å². The van der Waals surface area contributed by atoms with Crippen LogP contribution in [-0.2, 0) is 0 Å². The van der Waals surface area contributed by atoms with Crippen molar-refractivity contribution in [2.24, 2.45) is 0 Å². The van der Waals surface area contributed by atoms with Crippen molar-refractivity contribution in [1.82, 2.24) is 4.57 Å². The predicted octanol–water partition coefficient (Wildman–Crippen LogP) is 4.84. The largest absolute Gasteiger partial charge is 0.345 e. The van der Waals surface area contributed by atoms with Gasteiger partial charge in [-0.2, -0.15) is 0 Å². The van der Waals surface area contributed by atoms with Crippen LogP contribution in [0.4, 0.5) is 5.69 Å². The zero-order valence-corrected chi connectivity index (χ0v) is 14.4. The third-order valence-electron chi connectivity index (χ3n) is 4.96. The normalized spacial score (nSPS) is 15.0. The number of hydrogen-bond acceptors (Lipinski definition) is 1. The topological polar surface area (TPSA) is 34.0 Å². The van der Waals surface area contributed by atoms with Gasteiger partial charge in [0.15, 0.2) is 0 Å². The minimum Gasteiger partial charge on any atom is -0.345 e. The lowest BCUT2D eigenvalue weighted by Gasteiger charge is -2.26. The molecule has 1 aliphatic carbocycles. The first-order valence-electron chi connectivity index (χ1n) is 8.66. The zero-order chi connectivity index (χ0) is 17.1. The van der Waals surface area contributed by atoms with Gasteiger partial charge in [-0.1, -0.05) is 31.2 Å². The molecule has 0 unspecified atom stereocenters. The number of nitrogens with zero attached hydrogens (tertiary/aromatic N) is 1. The average molecular weight is 320 g/mol. The summed E-state index contributed by atoms with van der Waals surface area (Å²) in [6.07, 6.45) is 11.7. The Bertz CT molecular complexity index is 789. The van der Waals surface area contributed by atoms with Gasteiger partial charge < -0.3 is 9.88 Å². The van der Waals surface area contributed by atoms with Crippen molar-refractivity contribution in [2.75, 3.05) is 5.32 Å². The number of rotatable bonds is 3. The third-order valence-corrected chi connectivity index (χ3v) is 4.96. The minimum absolute atomic E-state index is 0.0701. The molecule has 0 aliphatic heterocycles. The maximum atomic E-state index is 12.7. The summed E-state index contributed by atoms with van der Waals surface area (Å²) in [4.78, 5) is 12.7. The van der Waals surface area contributed by atoms with Crippen LogP contribution in [-0.4, -0.2) is 10.5 Å². The van der Waals surface area contributed by atoms with Crippen LogP contribution in [0.25, 0.3) is 0 Å². The highest BCUT2D eigenvalue weighted by Crippen LogP contribution is 2.32. The van der Waals surface area contributed by atoms with Crippen molar-refractivity contribution in [3.05, 3.63) is 52.8 Å². The van der Waals surface area contributed by atoms with Gasteiger partial charge in [-0.3, -0.25) is 4.79 Å². The van der Waals surface area contributed by atoms with Gasteiger partial charge in [-0.05, 0) is 51.0 Å². The van der Waals surface area contributed by atoms with Gasteiger partial charge in [0.2, 0.25) is 0 Å². The van der Waals surface area contributed by atoms with Crippen LogP contribution in [0.2, 0.25) is 0 Å². The van der Waals surface area contributed by atoms with Crippen LogP contribution in [0.1, 0.15) is 65.5 Å². The van der Waals surface area contributed by atoms with Crippen molar-refractivity contribution in [3.63, 3.8) is 0 Å². The fraction of sp³-hybridized carbons (Fsp3) is 0.381. The molecule has 1 amide bonds. The second kappa shape index (κ2) is 6.97. The summed E-state index contributed by atoms with van der Waals surface area (Å²) in [5, 5.41) is 2.97. The third kappa shape index (κ3) is 3.23. The summed E-state index contributed by atoms with van der Waals surface area (Å²) in [6, 6.07) is 9.92. The number of hydrogen-bond donors (Lipinski definition) is 1. The molecule has 3 nitrogen and oxygen atoms in total. The standard InChI is InChI=1S/C21H24N2O/c1-4-17-9-8-10-18(14-17)22-21(24)20-13-15(2)23(16(20)3)19-11-6-5-7-12-19/h1,8-10,13-14,19H,5-7,11-12H2,2-3H3,(H,22,24). The molecule has 1 aliphatic rings. The van der Waals surface area contributed by atoms with Gasteiger partial charge in [-0.15, -0.1) is 6.42 Å². The molecule has 0 bridgehead atoms. The lowest BCUT2D eigenvalue weighted by atomic mass is 9.95. The molecule has 124 valence electrons. The Hall–Kier alpha value is -2.47. The van der Waals surface area contributed by atoms with Gasteiger partial charge in [0.25, 0.3) is 5.91 Å². The molecule has 1 fully saturated rings. The van der Waals surface area contributed by atoms with E-state index >= 15 is 0 Å². The highest BCUT2D eigenvalue weighted by molar-refractivity contribution is 6.05. The first-order valence-corrected chi connectivity index (χ1v) is 8.66. The molecule has 1 saturated carbocycles. The molecule has 0 atom stereocenters. The number of nitrogens with one attached hydrogen (secondary N) is 1. The summed E-state index contributed by atoms with van der Waals surface area (Å²) in [6.45, 7) is 4.14. The first-order chi connectivity index (χ1) is 11.6. The molecular formula is C21H24N2O. The van der Waals surface area contributed by atoms with E-state index in [9.17, 15) is 4.79 Å². The van der Waals surface area contributed by atoms with Crippen LogP contribution in [0.15, 0.2) is 30.3 Å². The van der Waals surface area contributed by atoms with E-state index in [1.54, 1.807) is 0 Å². The number of terminal acetylenes is 1. The van der Waals surface area contributed by atoms with Crippen molar-refractivity contribution in [1.29, 1.82) is 0 Å². The molecule has 0 radical (unpaired) electrons. The number of benzene rings is 1. The predicted molar refractivity (Wildman–Crippen MR) is 98.4 cm³/mol. The van der Waals surface area contributed by atoms with Crippen LogP contribution in [0, 0.1) is 26.2 Å². The summed E-state index contributed by atoms with van der Waals surface area (Å²) in [5.41, 5.74) is 4.48. The molecule has 3 rings (SSSR count). The second-order valence-electron chi connectivity index (χ2n) is 6.63. The van der Waals surface area contributed by atoms with Gasteiger partial charge >= 0.3 is 0 Å². The van der Waals surface area contributed by atoms with Crippen LogP contribution >= 0.6 is 0 Å². The lowest BCUT2D eigenvalue weighted by molar-refractivity contribution is 0.102. The van der Waals surface area contributed by atoms with E-state index in [4.69, 9.17) is 6.42 Å². The van der Waals surface area contributed by atoms with E-state index in [1.807, 2.05) is 37.3 Å². The lowest BCUT2D eigenvalue weighted by Crippen LogP contribution is -2.17. The molecule has 2 aromatic rings. The van der Waals surface area contributed by atoms with Crippen LogP contribution in [0.3, 0.4) is 0 Å². The Morgan fingerprint density at radius 3 is 2.67 bits per heavy atom. The van der Waals surface area contributed by atoms with Gasteiger partial charge in [-0.25, -0.2) is 0 Å². The fourth-order valence-electron chi connectivity index (χ4n) is 3.79. The van der Waals surface area contributed by atoms with Gasteiger partial charge in [0, 0.05) is 28.7 Å². The average Bonchev–Trinajstić information content (AvgIpc) is 2.90. The monoisotopic (exact) mass is 320 g/mol. The maximum absolute atomic E-state index is 12.7. The minimum atomic E-state index is -0.0701. The summed E-state index contributed by atoms with van der Waals surface area (Å²) in [5.74, 6) is 2.52. The van der Waals surface area contributed by atoms with Gasteiger partial charge in [0.1, 0.15) is 0 Å². The zero-order valence-electron chi connectivity index (χ0n) is 14.4. The summed E-state index contributed by atoms with van der Waals surface area (Å²) < 4.78 is 2.35. The fourth-order valence-corrected chi connectivity index (χ4v) is 3.79. The van der Waals surface area contributed by atoms with E-state index < -0.39 is 0 Å². The smallest absolute Gasteiger partial charge is 0.257 e. The molecule has 0 spiro atoms. The molecule has 3 heteroatoms. The highest BCUT2D eigenvalue weighted by atomic mass is 16.1. The molecule has 1 heterocycles. The first kappa shape index (κ1) is 16.4. The Morgan fingerprint density at radius 2 is 1.96 bits per heavy atom. The van der Waals surface area contributed by atoms with E-state index in [0.717, 1.165) is 22.5 Å². The number of aromatic nitrogens is 1. The van der Waals surface area contributed by atoms with E-state index in [-0.39, 0.29) is 5.91 Å². The van der Waals surface area contributed by atoms with Crippen molar-refractivity contribution < 1.29 is 4.79 Å². The highest BCUT2D eigenvalue weighted by Gasteiger charge is 2.22. The number of aryl methyl sites for hydroxylation is 1. The second-order valence-corrected chi connectivity index (χ2v) is 6.63. The molecular weight excluding hydrogens is 296 g/mol. The number of carbonyl (C=O) groups excluding carboxylic acids is 1. The van der Waals surface area contributed by atoms with Crippen molar-refractivity contribution in [2.45, 2.75) is 52.0 Å². The maximum Gasteiger partial charge on any atom is 0.257 e. The molecule has 24 heavy (non-hydrogen) atoms. The Balaban J connectivity index is 1.84. The number of anilines is 1. The van der Waals surface area contributed by atoms with Crippen LogP contribution in [0.5, 0.6) is 0 Å². The molecule has 1 aromatic heterocycles. The van der Waals surface area contributed by atoms with E-state index in [0.29, 0.717) is 6.04 Å². The molecule has 0 saturated heterocycles. The number of amides is 1. The Morgan fingerprint density at radius 1 is 1.21 bits per heavy atom. The number of carbonyl (C=O) groups is 1. The van der Waals surface area contributed by atoms with E-state index in [1.165, 1.54) is 37.8 Å². The SMILES string of the molecule is C#Cc1cccc(NC(=O)c2cc(C)n(C3CCCCC3)c2C)c1. The van der Waals surface area contributed by atoms with Gasteiger partial charge in [0.05, 0.1) is 5.56 Å². The van der Waals surface area contributed by atoms with Crippen molar-refractivity contribution in [3.8, 4) is 12.3 Å². The molecule has 1 N–H and O–H groups in total. The molecule has 1 aromatic carbocycles. The van der Waals surface area contributed by atoms with Crippen molar-refractivity contribution >= 4 is 11.6 Å².